The van der Waals surface area contributed by atoms with E-state index < -0.39 is 11.5 Å². The molecule has 1 heterocycles. The van der Waals surface area contributed by atoms with Crippen LogP contribution in [0.25, 0.3) is 0 Å². The van der Waals surface area contributed by atoms with Crippen molar-refractivity contribution in [2.45, 2.75) is 63.3 Å². The van der Waals surface area contributed by atoms with Crippen LogP contribution < -0.4 is 0 Å². The van der Waals surface area contributed by atoms with Gasteiger partial charge in [0.25, 0.3) is 0 Å². The highest BCUT2D eigenvalue weighted by Gasteiger charge is 2.48. The van der Waals surface area contributed by atoms with Crippen LogP contribution in [0.1, 0.15) is 57.8 Å². The summed E-state index contributed by atoms with van der Waals surface area (Å²) in [5, 5.41) is 9.70. The zero-order chi connectivity index (χ0) is 13.3. The lowest BCUT2D eigenvalue weighted by Crippen LogP contribution is -2.47. The first-order valence-electron chi connectivity index (χ1n) is 7.39. The average molecular weight is 262 g/mol. The van der Waals surface area contributed by atoms with Gasteiger partial charge in [0.2, 0.25) is 0 Å². The molecule has 0 radical (unpaired) electrons. The van der Waals surface area contributed by atoms with Crippen molar-refractivity contribution in [3.63, 3.8) is 0 Å². The molecule has 4 nitrogen and oxygen atoms in total. The van der Waals surface area contributed by atoms with Crippen LogP contribution in [-0.4, -0.2) is 20.6 Å². The number of carboxylic acid groups (broad SMARTS) is 1. The van der Waals surface area contributed by atoms with E-state index in [-0.39, 0.29) is 0 Å². The van der Waals surface area contributed by atoms with Gasteiger partial charge in [-0.2, -0.15) is 0 Å². The third-order valence-corrected chi connectivity index (χ3v) is 5.45. The third-order valence-electron chi connectivity index (χ3n) is 5.45. The Labute approximate surface area is 113 Å². The highest BCUT2D eigenvalue weighted by Crippen LogP contribution is 2.51. The monoisotopic (exact) mass is 262 g/mol. The Balaban J connectivity index is 1.81. The van der Waals surface area contributed by atoms with E-state index in [2.05, 4.69) is 4.98 Å². The van der Waals surface area contributed by atoms with Crippen molar-refractivity contribution in [3.05, 3.63) is 18.7 Å². The molecule has 19 heavy (non-hydrogen) atoms. The van der Waals surface area contributed by atoms with Crippen LogP contribution in [0.5, 0.6) is 0 Å². The lowest BCUT2D eigenvalue weighted by atomic mass is 9.61. The summed E-state index contributed by atoms with van der Waals surface area (Å²) in [6, 6.07) is 0. The Morgan fingerprint density at radius 1 is 1.05 bits per heavy atom. The summed E-state index contributed by atoms with van der Waals surface area (Å²) in [5.41, 5.74) is -0.309. The number of nitrogens with zero attached hydrogens (tertiary/aromatic N) is 2. The molecule has 3 rings (SSSR count). The number of hydrogen-bond acceptors (Lipinski definition) is 2. The second-order valence-electron chi connectivity index (χ2n) is 6.37. The summed E-state index contributed by atoms with van der Waals surface area (Å²) in [5.74, 6) is -0.698. The number of imidazole rings is 1. The molecular weight excluding hydrogens is 240 g/mol. The molecule has 2 aliphatic carbocycles. The van der Waals surface area contributed by atoms with Gasteiger partial charge in [-0.25, -0.2) is 9.78 Å². The smallest absolute Gasteiger partial charge is 0.329 e. The van der Waals surface area contributed by atoms with Gasteiger partial charge in [0, 0.05) is 12.4 Å². The van der Waals surface area contributed by atoms with Gasteiger partial charge in [-0.3, -0.25) is 0 Å². The van der Waals surface area contributed by atoms with Crippen molar-refractivity contribution in [1.82, 2.24) is 9.55 Å². The summed E-state index contributed by atoms with van der Waals surface area (Å²) >= 11 is 0. The van der Waals surface area contributed by atoms with E-state index in [1.54, 1.807) is 18.7 Å². The molecule has 0 amide bonds. The Morgan fingerprint density at radius 2 is 1.74 bits per heavy atom. The standard InChI is InChI=1S/C15H22N2O2/c18-13(19)15(17-11-10-16-12-17)8-6-14(7-9-15)4-2-1-3-5-14/h10-12H,1-9H2,(H,18,19). The average Bonchev–Trinajstić information content (AvgIpc) is 2.95. The minimum Gasteiger partial charge on any atom is -0.479 e. The summed E-state index contributed by atoms with van der Waals surface area (Å²) in [7, 11) is 0. The zero-order valence-corrected chi connectivity index (χ0v) is 11.3. The molecule has 2 saturated carbocycles. The predicted molar refractivity (Wildman–Crippen MR) is 71.8 cm³/mol. The maximum Gasteiger partial charge on any atom is 0.329 e. The second kappa shape index (κ2) is 4.66. The van der Waals surface area contributed by atoms with E-state index in [1.165, 1.54) is 32.1 Å². The number of aliphatic carboxylic acids is 1. The van der Waals surface area contributed by atoms with Gasteiger partial charge < -0.3 is 9.67 Å². The minimum atomic E-state index is -0.751. The van der Waals surface area contributed by atoms with Crippen LogP contribution in [0, 0.1) is 5.41 Å². The molecule has 1 N–H and O–H groups in total. The molecule has 1 aromatic heterocycles. The first-order valence-corrected chi connectivity index (χ1v) is 7.39. The van der Waals surface area contributed by atoms with Gasteiger partial charge in [-0.15, -0.1) is 0 Å². The Morgan fingerprint density at radius 3 is 2.26 bits per heavy atom. The van der Waals surface area contributed by atoms with E-state index in [9.17, 15) is 9.90 Å². The fourth-order valence-electron chi connectivity index (χ4n) is 4.09. The largest absolute Gasteiger partial charge is 0.479 e. The lowest BCUT2D eigenvalue weighted by Gasteiger charge is -2.47. The van der Waals surface area contributed by atoms with Crippen molar-refractivity contribution >= 4 is 5.97 Å². The molecule has 2 aliphatic rings. The number of rotatable bonds is 2. The van der Waals surface area contributed by atoms with Crippen LogP contribution in [0.3, 0.4) is 0 Å². The van der Waals surface area contributed by atoms with Gasteiger partial charge in [-0.1, -0.05) is 19.3 Å². The van der Waals surface area contributed by atoms with Gasteiger partial charge >= 0.3 is 5.97 Å². The fourth-order valence-corrected chi connectivity index (χ4v) is 4.09. The first-order chi connectivity index (χ1) is 9.17. The minimum absolute atomic E-state index is 0.442. The van der Waals surface area contributed by atoms with Crippen LogP contribution >= 0.6 is 0 Å². The third kappa shape index (κ3) is 2.07. The second-order valence-corrected chi connectivity index (χ2v) is 6.37. The maximum absolute atomic E-state index is 11.8. The molecule has 0 unspecified atom stereocenters. The highest BCUT2D eigenvalue weighted by atomic mass is 16.4. The van der Waals surface area contributed by atoms with Crippen LogP contribution in [0.2, 0.25) is 0 Å². The Bertz CT molecular complexity index is 437. The summed E-state index contributed by atoms with van der Waals surface area (Å²) < 4.78 is 1.81. The van der Waals surface area contributed by atoms with E-state index >= 15 is 0 Å². The topological polar surface area (TPSA) is 55.1 Å². The van der Waals surface area contributed by atoms with Crippen molar-refractivity contribution in [2.75, 3.05) is 0 Å². The van der Waals surface area contributed by atoms with Crippen LogP contribution in [-0.2, 0) is 10.3 Å². The van der Waals surface area contributed by atoms with Gasteiger partial charge in [0.1, 0.15) is 5.54 Å². The highest BCUT2D eigenvalue weighted by molar-refractivity contribution is 5.77. The number of aromatic nitrogens is 2. The van der Waals surface area contributed by atoms with Gasteiger partial charge in [0.15, 0.2) is 0 Å². The fraction of sp³-hybridized carbons (Fsp3) is 0.733. The van der Waals surface area contributed by atoms with Crippen LogP contribution in [0.15, 0.2) is 18.7 Å². The first kappa shape index (κ1) is 12.7. The number of carboxylic acids is 1. The normalized spacial score (nSPS) is 25.3. The predicted octanol–water partition coefficient (Wildman–Crippen LogP) is 3.19. The van der Waals surface area contributed by atoms with Gasteiger partial charge in [-0.05, 0) is 43.9 Å². The molecule has 2 fully saturated rings. The molecular formula is C15H22N2O2. The summed E-state index contributed by atoms with van der Waals surface area (Å²) in [4.78, 5) is 15.8. The number of carbonyl (C=O) groups is 1. The van der Waals surface area contributed by atoms with Crippen molar-refractivity contribution in [2.24, 2.45) is 5.41 Å². The summed E-state index contributed by atoms with van der Waals surface area (Å²) in [6.07, 6.45) is 15.3. The molecule has 104 valence electrons. The quantitative estimate of drug-likeness (QED) is 0.890. The van der Waals surface area contributed by atoms with E-state index in [1.807, 2.05) is 4.57 Å². The zero-order valence-electron chi connectivity index (χ0n) is 11.3. The van der Waals surface area contributed by atoms with Crippen LogP contribution in [0.4, 0.5) is 0 Å². The maximum atomic E-state index is 11.8. The van der Waals surface area contributed by atoms with E-state index in [4.69, 9.17) is 0 Å². The SMILES string of the molecule is O=C(O)C1(n2ccnc2)CCC2(CCCCC2)CC1. The lowest BCUT2D eigenvalue weighted by molar-refractivity contribution is -0.151. The van der Waals surface area contributed by atoms with Gasteiger partial charge in [0.05, 0.1) is 6.33 Å². The van der Waals surface area contributed by atoms with E-state index in [0.717, 1.165) is 25.7 Å². The summed E-state index contributed by atoms with van der Waals surface area (Å²) in [6.45, 7) is 0. The molecule has 1 aromatic rings. The Hall–Kier alpha value is -1.32. The molecule has 0 aromatic carbocycles. The van der Waals surface area contributed by atoms with E-state index in [0.29, 0.717) is 5.41 Å². The molecule has 0 saturated heterocycles. The molecule has 0 bridgehead atoms. The van der Waals surface area contributed by atoms with Crippen molar-refractivity contribution < 1.29 is 9.90 Å². The molecule has 0 atom stereocenters. The number of hydrogen-bond donors (Lipinski definition) is 1. The Kier molecular flexibility index (Phi) is 3.11. The molecule has 0 aliphatic heterocycles. The van der Waals surface area contributed by atoms with Crippen molar-refractivity contribution in [1.29, 1.82) is 0 Å². The van der Waals surface area contributed by atoms with Crippen molar-refractivity contribution in [3.8, 4) is 0 Å². The molecule has 4 heteroatoms. The molecule has 1 spiro atoms.